The van der Waals surface area contributed by atoms with E-state index in [1.54, 1.807) is 5.32 Å². The average molecular weight is 198 g/mol. The van der Waals surface area contributed by atoms with Crippen molar-refractivity contribution in [2.24, 2.45) is 0 Å². The number of carbonyl (C=O) groups excluding carboxylic acids is 2. The molecule has 0 aromatic rings. The predicted molar refractivity (Wildman–Crippen MR) is 37.7 cm³/mol. The van der Waals surface area contributed by atoms with Crippen LogP contribution in [0.25, 0.3) is 0 Å². The van der Waals surface area contributed by atoms with Crippen LogP contribution >= 0.6 is 0 Å². The molecule has 0 aliphatic carbocycles. The lowest BCUT2D eigenvalue weighted by atomic mass is 10.4. The standard InChI is InChI=1S/C6H9F3N2O2/c7-6(8,9)5(13)11-3-1-2-10-4-12/h4H,1-3H2,(H,10,12)(H,11,13). The Hall–Kier alpha value is -1.27. The smallest absolute Gasteiger partial charge is 0.359 e. The fourth-order valence-electron chi connectivity index (χ4n) is 0.552. The summed E-state index contributed by atoms with van der Waals surface area (Å²) in [7, 11) is 0. The summed E-state index contributed by atoms with van der Waals surface area (Å²) in [6, 6.07) is 0. The maximum Gasteiger partial charge on any atom is 0.471 e. The molecule has 0 bridgehead atoms. The SMILES string of the molecule is O=CNCCCNC(=O)C(F)(F)F. The maximum atomic E-state index is 11.5. The predicted octanol–water partition coefficient (Wildman–Crippen LogP) is -0.199. The zero-order valence-electron chi connectivity index (χ0n) is 6.65. The van der Waals surface area contributed by atoms with Crippen molar-refractivity contribution in [1.82, 2.24) is 10.6 Å². The molecule has 0 rings (SSSR count). The minimum absolute atomic E-state index is 0.112. The minimum atomic E-state index is -4.84. The largest absolute Gasteiger partial charge is 0.471 e. The molecule has 0 aliphatic rings. The van der Waals surface area contributed by atoms with E-state index in [4.69, 9.17) is 0 Å². The lowest BCUT2D eigenvalue weighted by Crippen LogP contribution is -2.37. The van der Waals surface area contributed by atoms with E-state index >= 15 is 0 Å². The summed E-state index contributed by atoms with van der Waals surface area (Å²) in [6.07, 6.45) is -4.13. The van der Waals surface area contributed by atoms with Crippen LogP contribution in [0.1, 0.15) is 6.42 Å². The number of amides is 2. The number of carbonyl (C=O) groups is 2. The topological polar surface area (TPSA) is 58.2 Å². The lowest BCUT2D eigenvalue weighted by Gasteiger charge is -2.06. The number of hydrogen-bond acceptors (Lipinski definition) is 2. The van der Waals surface area contributed by atoms with Crippen molar-refractivity contribution in [3.05, 3.63) is 0 Å². The molecular formula is C6H9F3N2O2. The van der Waals surface area contributed by atoms with Gasteiger partial charge in [-0.25, -0.2) is 0 Å². The molecule has 0 aliphatic heterocycles. The summed E-state index contributed by atoms with van der Waals surface area (Å²) >= 11 is 0. The van der Waals surface area contributed by atoms with E-state index in [-0.39, 0.29) is 19.5 Å². The zero-order chi connectivity index (χ0) is 10.3. The van der Waals surface area contributed by atoms with Crippen LogP contribution in [0.4, 0.5) is 13.2 Å². The van der Waals surface area contributed by atoms with Crippen LogP contribution in [0.15, 0.2) is 0 Å². The Kier molecular flexibility index (Phi) is 4.86. The highest BCUT2D eigenvalue weighted by Gasteiger charge is 2.37. The monoisotopic (exact) mass is 198 g/mol. The highest BCUT2D eigenvalue weighted by molar-refractivity contribution is 5.81. The Labute approximate surface area is 72.5 Å². The second-order valence-corrected chi connectivity index (χ2v) is 2.18. The van der Waals surface area contributed by atoms with Gasteiger partial charge < -0.3 is 10.6 Å². The third-order valence-electron chi connectivity index (χ3n) is 1.12. The van der Waals surface area contributed by atoms with E-state index in [0.29, 0.717) is 6.41 Å². The molecule has 0 aromatic carbocycles. The van der Waals surface area contributed by atoms with Gasteiger partial charge in [0, 0.05) is 13.1 Å². The fraction of sp³-hybridized carbons (Fsp3) is 0.667. The van der Waals surface area contributed by atoms with Crippen LogP contribution < -0.4 is 10.6 Å². The molecule has 7 heteroatoms. The highest BCUT2D eigenvalue weighted by Crippen LogP contribution is 2.13. The second kappa shape index (κ2) is 5.39. The first-order chi connectivity index (χ1) is 5.98. The van der Waals surface area contributed by atoms with Crippen LogP contribution in [0, 0.1) is 0 Å². The Bertz CT molecular complexity index is 181. The van der Waals surface area contributed by atoms with Crippen LogP contribution in [0.2, 0.25) is 0 Å². The van der Waals surface area contributed by atoms with Gasteiger partial charge in [-0.1, -0.05) is 0 Å². The third-order valence-corrected chi connectivity index (χ3v) is 1.12. The fourth-order valence-corrected chi connectivity index (χ4v) is 0.552. The summed E-state index contributed by atoms with van der Waals surface area (Å²) in [5.41, 5.74) is 0. The van der Waals surface area contributed by atoms with E-state index in [0.717, 1.165) is 0 Å². The Morgan fingerprint density at radius 2 is 1.92 bits per heavy atom. The molecule has 2 N–H and O–H groups in total. The quantitative estimate of drug-likeness (QED) is 0.474. The molecule has 13 heavy (non-hydrogen) atoms. The van der Waals surface area contributed by atoms with Gasteiger partial charge >= 0.3 is 12.1 Å². The van der Waals surface area contributed by atoms with Crippen molar-refractivity contribution in [3.8, 4) is 0 Å². The van der Waals surface area contributed by atoms with Gasteiger partial charge in [0.2, 0.25) is 6.41 Å². The number of hydrogen-bond donors (Lipinski definition) is 2. The van der Waals surface area contributed by atoms with Crippen molar-refractivity contribution in [3.63, 3.8) is 0 Å². The van der Waals surface area contributed by atoms with Gasteiger partial charge in [0.05, 0.1) is 0 Å². The number of rotatable bonds is 5. The van der Waals surface area contributed by atoms with Crippen molar-refractivity contribution in [2.45, 2.75) is 12.6 Å². The Morgan fingerprint density at radius 3 is 2.38 bits per heavy atom. The molecule has 0 saturated carbocycles. The van der Waals surface area contributed by atoms with E-state index in [9.17, 15) is 22.8 Å². The second-order valence-electron chi connectivity index (χ2n) is 2.18. The number of alkyl halides is 3. The summed E-state index contributed by atoms with van der Waals surface area (Å²) < 4.78 is 34.6. The van der Waals surface area contributed by atoms with E-state index < -0.39 is 12.1 Å². The molecule has 2 amide bonds. The van der Waals surface area contributed by atoms with Gasteiger partial charge in [0.15, 0.2) is 0 Å². The average Bonchev–Trinajstić information content (AvgIpc) is 2.02. The van der Waals surface area contributed by atoms with Crippen molar-refractivity contribution in [2.75, 3.05) is 13.1 Å². The zero-order valence-corrected chi connectivity index (χ0v) is 6.65. The third kappa shape index (κ3) is 5.94. The molecule has 76 valence electrons. The number of nitrogens with one attached hydrogen (secondary N) is 2. The molecule has 0 heterocycles. The molecular weight excluding hydrogens is 189 g/mol. The van der Waals surface area contributed by atoms with Gasteiger partial charge in [-0.3, -0.25) is 9.59 Å². The van der Waals surface area contributed by atoms with Gasteiger partial charge in [0.1, 0.15) is 0 Å². The Balaban J connectivity index is 3.43. The summed E-state index contributed by atoms with van der Waals surface area (Å²) in [4.78, 5) is 19.9. The van der Waals surface area contributed by atoms with Crippen molar-refractivity contribution >= 4 is 12.3 Å². The molecule has 0 fully saturated rings. The van der Waals surface area contributed by atoms with Crippen LogP contribution in [-0.4, -0.2) is 31.6 Å². The van der Waals surface area contributed by atoms with Crippen LogP contribution in [0.3, 0.4) is 0 Å². The summed E-state index contributed by atoms with van der Waals surface area (Å²) in [5, 5.41) is 3.91. The minimum Gasteiger partial charge on any atom is -0.359 e. The lowest BCUT2D eigenvalue weighted by molar-refractivity contribution is -0.173. The van der Waals surface area contributed by atoms with Crippen molar-refractivity contribution in [1.29, 1.82) is 0 Å². The molecule has 0 aromatic heterocycles. The van der Waals surface area contributed by atoms with Crippen LogP contribution in [-0.2, 0) is 9.59 Å². The van der Waals surface area contributed by atoms with Gasteiger partial charge in [-0.15, -0.1) is 0 Å². The molecule has 0 unspecified atom stereocenters. The van der Waals surface area contributed by atoms with Gasteiger partial charge in [-0.2, -0.15) is 13.2 Å². The van der Waals surface area contributed by atoms with E-state index in [2.05, 4.69) is 5.32 Å². The maximum absolute atomic E-state index is 11.5. The summed E-state index contributed by atoms with van der Waals surface area (Å²) in [6.45, 7) is 0.126. The number of halogens is 3. The van der Waals surface area contributed by atoms with Crippen LogP contribution in [0.5, 0.6) is 0 Å². The molecule has 4 nitrogen and oxygen atoms in total. The van der Waals surface area contributed by atoms with Gasteiger partial charge in [-0.05, 0) is 6.42 Å². The molecule has 0 saturated heterocycles. The molecule has 0 radical (unpaired) electrons. The molecule has 0 atom stereocenters. The Morgan fingerprint density at radius 1 is 1.31 bits per heavy atom. The highest BCUT2D eigenvalue weighted by atomic mass is 19.4. The van der Waals surface area contributed by atoms with E-state index in [1.165, 1.54) is 0 Å². The van der Waals surface area contributed by atoms with Gasteiger partial charge in [0.25, 0.3) is 0 Å². The van der Waals surface area contributed by atoms with Crippen molar-refractivity contribution < 1.29 is 22.8 Å². The molecule has 0 spiro atoms. The summed E-state index contributed by atoms with van der Waals surface area (Å²) in [5.74, 6) is -1.96. The first-order valence-electron chi connectivity index (χ1n) is 3.50. The van der Waals surface area contributed by atoms with E-state index in [1.807, 2.05) is 0 Å². The normalized spacial score (nSPS) is 10.7. The first-order valence-corrected chi connectivity index (χ1v) is 3.50. The first kappa shape index (κ1) is 11.7.